The molecule has 0 spiro atoms. The Kier molecular flexibility index (Phi) is 5.08. The van der Waals surface area contributed by atoms with Gasteiger partial charge in [0.25, 0.3) is 0 Å². The number of rotatable bonds is 6. The molecule has 1 aromatic rings. The van der Waals surface area contributed by atoms with Crippen LogP contribution in [-0.4, -0.2) is 32.8 Å². The van der Waals surface area contributed by atoms with Crippen LogP contribution in [-0.2, 0) is 25.6 Å². The van der Waals surface area contributed by atoms with Gasteiger partial charge in [0.15, 0.2) is 0 Å². The molecule has 0 aromatic heterocycles. The molecule has 124 valence electrons. The number of alkyl halides is 4. The molecule has 1 saturated carbocycles. The molecule has 0 saturated heterocycles. The third-order valence-electron chi connectivity index (χ3n) is 3.32. The average Bonchev–Trinajstić information content (AvgIpc) is 2.45. The van der Waals surface area contributed by atoms with Crippen LogP contribution in [0.1, 0.15) is 12.0 Å². The fraction of sp³-hybridized carbons (Fsp3) is 0.538. The Balaban J connectivity index is 1.75. The van der Waals surface area contributed by atoms with E-state index >= 15 is 0 Å². The molecule has 1 fully saturated rings. The third-order valence-corrected chi connectivity index (χ3v) is 4.39. The zero-order valence-electron chi connectivity index (χ0n) is 11.3. The van der Waals surface area contributed by atoms with Crippen LogP contribution in [0.15, 0.2) is 30.3 Å². The van der Waals surface area contributed by atoms with Crippen molar-refractivity contribution >= 4 is 10.1 Å². The topological polar surface area (TPSA) is 52.6 Å². The molecular formula is C13H14F4O4S. The van der Waals surface area contributed by atoms with Gasteiger partial charge < -0.3 is 4.74 Å². The van der Waals surface area contributed by atoms with Crippen molar-refractivity contribution in [1.82, 2.24) is 0 Å². The van der Waals surface area contributed by atoms with Crippen molar-refractivity contribution in [1.29, 1.82) is 0 Å². The number of halogens is 4. The Morgan fingerprint density at radius 1 is 1.18 bits per heavy atom. The predicted molar refractivity (Wildman–Crippen MR) is 68.9 cm³/mol. The molecule has 0 N–H and O–H groups in total. The number of hydrogen-bond donors (Lipinski definition) is 0. The first-order chi connectivity index (χ1) is 10.2. The summed E-state index contributed by atoms with van der Waals surface area (Å²) < 4.78 is 80.6. The van der Waals surface area contributed by atoms with E-state index in [2.05, 4.69) is 4.18 Å². The standard InChI is InChI=1S/C13H14F4O4S/c14-12-10(8-20-7-9-4-2-1-3-5-9)6-11(12)21-22(18,19)13(15,16)17/h1-5,10-12H,6-8H2/t10-,11+,12?/m1/s1. The summed E-state index contributed by atoms with van der Waals surface area (Å²) in [5.41, 5.74) is -4.66. The van der Waals surface area contributed by atoms with Crippen LogP contribution in [0.4, 0.5) is 17.6 Å². The van der Waals surface area contributed by atoms with Crippen LogP contribution < -0.4 is 0 Å². The molecule has 0 amide bonds. The maximum absolute atomic E-state index is 13.7. The minimum Gasteiger partial charge on any atom is -0.376 e. The van der Waals surface area contributed by atoms with Crippen LogP contribution in [0.25, 0.3) is 0 Å². The molecule has 2 rings (SSSR count). The first-order valence-electron chi connectivity index (χ1n) is 6.46. The summed E-state index contributed by atoms with van der Waals surface area (Å²) >= 11 is 0. The largest absolute Gasteiger partial charge is 0.523 e. The molecular weight excluding hydrogens is 328 g/mol. The van der Waals surface area contributed by atoms with Gasteiger partial charge in [-0.3, -0.25) is 4.18 Å². The fourth-order valence-corrected chi connectivity index (χ4v) is 2.66. The van der Waals surface area contributed by atoms with Gasteiger partial charge in [0.2, 0.25) is 0 Å². The molecule has 3 atom stereocenters. The van der Waals surface area contributed by atoms with Gasteiger partial charge in [-0.2, -0.15) is 21.6 Å². The van der Waals surface area contributed by atoms with Crippen molar-refractivity contribution in [2.24, 2.45) is 5.92 Å². The summed E-state index contributed by atoms with van der Waals surface area (Å²) in [5.74, 6) is -0.669. The van der Waals surface area contributed by atoms with Crippen LogP contribution in [0.2, 0.25) is 0 Å². The lowest BCUT2D eigenvalue weighted by Crippen LogP contribution is -2.49. The third kappa shape index (κ3) is 3.96. The lowest BCUT2D eigenvalue weighted by Gasteiger charge is -2.38. The zero-order chi connectivity index (χ0) is 16.4. The van der Waals surface area contributed by atoms with Gasteiger partial charge in [-0.25, -0.2) is 4.39 Å². The smallest absolute Gasteiger partial charge is 0.376 e. The zero-order valence-corrected chi connectivity index (χ0v) is 12.1. The van der Waals surface area contributed by atoms with E-state index in [1.165, 1.54) is 0 Å². The number of ether oxygens (including phenoxy) is 1. The summed E-state index contributed by atoms with van der Waals surface area (Å²) in [6, 6.07) is 9.08. The van der Waals surface area contributed by atoms with E-state index in [0.29, 0.717) is 0 Å². The molecule has 0 bridgehead atoms. The minimum atomic E-state index is -5.76. The van der Waals surface area contributed by atoms with Crippen LogP contribution in [0.3, 0.4) is 0 Å². The predicted octanol–water partition coefficient (Wildman–Crippen LogP) is 2.80. The van der Waals surface area contributed by atoms with Gasteiger partial charge in [-0.05, 0) is 12.0 Å². The molecule has 1 aliphatic rings. The second-order valence-corrected chi connectivity index (χ2v) is 6.54. The summed E-state index contributed by atoms with van der Waals surface area (Å²) in [7, 11) is -5.76. The SMILES string of the molecule is O=S(=O)(O[C@H]1C[C@H](COCc2ccccc2)C1F)C(F)(F)F. The summed E-state index contributed by atoms with van der Waals surface area (Å²) in [6.45, 7) is 0.235. The van der Waals surface area contributed by atoms with E-state index in [0.717, 1.165) is 5.56 Å². The van der Waals surface area contributed by atoms with E-state index in [-0.39, 0.29) is 19.6 Å². The summed E-state index contributed by atoms with van der Waals surface area (Å²) in [6.07, 6.45) is -3.53. The fourth-order valence-electron chi connectivity index (χ4n) is 2.04. The van der Waals surface area contributed by atoms with E-state index in [1.807, 2.05) is 30.3 Å². The number of hydrogen-bond acceptors (Lipinski definition) is 4. The van der Waals surface area contributed by atoms with Crippen LogP contribution >= 0.6 is 0 Å². The Labute approximate surface area is 125 Å². The van der Waals surface area contributed by atoms with Crippen molar-refractivity contribution in [3.63, 3.8) is 0 Å². The Morgan fingerprint density at radius 2 is 1.82 bits per heavy atom. The monoisotopic (exact) mass is 342 g/mol. The van der Waals surface area contributed by atoms with Crippen molar-refractivity contribution in [2.45, 2.75) is 30.8 Å². The normalized spacial score (nSPS) is 25.7. The molecule has 1 aliphatic carbocycles. The van der Waals surface area contributed by atoms with Crippen molar-refractivity contribution in [3.8, 4) is 0 Å². The molecule has 0 aliphatic heterocycles. The quantitative estimate of drug-likeness (QED) is 0.453. The van der Waals surface area contributed by atoms with Gasteiger partial charge in [-0.1, -0.05) is 30.3 Å². The summed E-state index contributed by atoms with van der Waals surface area (Å²) in [5, 5.41) is 0. The second-order valence-electron chi connectivity index (χ2n) is 4.98. The molecule has 4 nitrogen and oxygen atoms in total. The first kappa shape index (κ1) is 17.2. The Morgan fingerprint density at radius 3 is 2.36 bits per heavy atom. The number of benzene rings is 1. The first-order valence-corrected chi connectivity index (χ1v) is 7.87. The van der Waals surface area contributed by atoms with Gasteiger partial charge >= 0.3 is 15.6 Å². The highest BCUT2D eigenvalue weighted by Crippen LogP contribution is 2.37. The second kappa shape index (κ2) is 6.51. The van der Waals surface area contributed by atoms with Gasteiger partial charge in [-0.15, -0.1) is 0 Å². The highest BCUT2D eigenvalue weighted by atomic mass is 32.2. The van der Waals surface area contributed by atoms with Crippen molar-refractivity contribution < 1.29 is 34.9 Å². The van der Waals surface area contributed by atoms with Crippen molar-refractivity contribution in [2.75, 3.05) is 6.61 Å². The Bertz CT molecular complexity index is 588. The molecule has 9 heteroatoms. The van der Waals surface area contributed by atoms with Crippen molar-refractivity contribution in [3.05, 3.63) is 35.9 Å². The van der Waals surface area contributed by atoms with Crippen LogP contribution in [0, 0.1) is 5.92 Å². The minimum absolute atomic E-state index is 0.0119. The maximum atomic E-state index is 13.7. The van der Waals surface area contributed by atoms with Crippen LogP contribution in [0.5, 0.6) is 0 Å². The molecule has 0 heterocycles. The summed E-state index contributed by atoms with van der Waals surface area (Å²) in [4.78, 5) is 0. The highest BCUT2D eigenvalue weighted by molar-refractivity contribution is 7.87. The lowest BCUT2D eigenvalue weighted by atomic mass is 9.81. The Hall–Kier alpha value is -1.19. The van der Waals surface area contributed by atoms with E-state index in [9.17, 15) is 26.0 Å². The van der Waals surface area contributed by atoms with E-state index in [1.54, 1.807) is 0 Å². The molecule has 1 unspecified atom stereocenters. The molecule has 1 aromatic carbocycles. The van der Waals surface area contributed by atoms with E-state index in [4.69, 9.17) is 4.74 Å². The van der Waals surface area contributed by atoms with E-state index < -0.39 is 33.8 Å². The lowest BCUT2D eigenvalue weighted by molar-refractivity contribution is -0.0946. The maximum Gasteiger partial charge on any atom is 0.523 e. The van der Waals surface area contributed by atoms with Gasteiger partial charge in [0.05, 0.1) is 13.2 Å². The van der Waals surface area contributed by atoms with Gasteiger partial charge in [0, 0.05) is 5.92 Å². The average molecular weight is 342 g/mol. The molecule has 0 radical (unpaired) electrons. The van der Waals surface area contributed by atoms with Gasteiger partial charge in [0.1, 0.15) is 12.3 Å². The highest BCUT2D eigenvalue weighted by Gasteiger charge is 2.53. The molecule has 22 heavy (non-hydrogen) atoms.